The molecular formula is C8H12O12P4Zr+4. The van der Waals surface area contributed by atoms with Gasteiger partial charge in [0.05, 0.1) is 0 Å². The van der Waals surface area contributed by atoms with Gasteiger partial charge in [0.1, 0.15) is 25.0 Å². The molecule has 0 heterocycles. The van der Waals surface area contributed by atoms with E-state index in [1.807, 2.05) is 0 Å². The third kappa shape index (κ3) is 82.8. The van der Waals surface area contributed by atoms with E-state index in [-0.39, 0.29) is 26.2 Å². The molecule has 0 aromatic rings. The molecule has 0 spiro atoms. The Kier molecular flexibility index (Phi) is 44.0. The fraction of sp³-hybridized carbons (Fsp3) is 0. The number of hydrogen-bond acceptors (Lipinski definition) is 12. The van der Waals surface area contributed by atoms with E-state index in [1.54, 1.807) is 0 Å². The van der Waals surface area contributed by atoms with Gasteiger partial charge in [-0.1, -0.05) is 26.3 Å². The Morgan fingerprint density at radius 1 is 0.520 bits per heavy atom. The van der Waals surface area contributed by atoms with Gasteiger partial charge < -0.3 is 19.6 Å². The second-order valence-corrected chi connectivity index (χ2v) is 4.61. The van der Waals surface area contributed by atoms with Crippen LogP contribution < -0.4 is 19.6 Å². The van der Waals surface area contributed by atoms with Gasteiger partial charge in [-0.05, 0) is 18.3 Å². The van der Waals surface area contributed by atoms with Crippen LogP contribution in [0.2, 0.25) is 0 Å². The largest absolute Gasteiger partial charge is 4.00 e. The van der Waals surface area contributed by atoms with Crippen molar-refractivity contribution < 1.29 is 82.1 Å². The maximum atomic E-state index is 9.34. The summed E-state index contributed by atoms with van der Waals surface area (Å²) in [7, 11) is -10.9. The first-order valence-corrected chi connectivity index (χ1v) is 9.15. The van der Waals surface area contributed by atoms with Crippen molar-refractivity contribution in [2.75, 3.05) is 0 Å². The Morgan fingerprint density at radius 2 is 0.640 bits per heavy atom. The Balaban J connectivity index is -0.0000000702. The average molecular weight is 515 g/mol. The molecule has 0 bridgehead atoms. The van der Waals surface area contributed by atoms with E-state index >= 15 is 0 Å². The number of rotatable bonds is 8. The minimum absolute atomic E-state index is 0. The standard InChI is InChI=1S/4C2H3O3P.Zr/c4*1-2-5-6(3)4;/h4*2H,1H2;/q;;;;+4. The molecule has 0 aromatic carbocycles. The second-order valence-electron chi connectivity index (χ2n) is 1.98. The topological polar surface area (TPSA) is 197 Å². The molecule has 0 saturated heterocycles. The summed E-state index contributed by atoms with van der Waals surface area (Å²) in [4.78, 5) is 37.4. The van der Waals surface area contributed by atoms with Crippen LogP contribution in [0.15, 0.2) is 51.4 Å². The number of hydrogen-bond donors (Lipinski definition) is 0. The average Bonchev–Trinajstić information content (AvgIpc) is 2.39. The molecule has 0 rings (SSSR count). The summed E-state index contributed by atoms with van der Waals surface area (Å²) in [5.41, 5.74) is 0. The maximum Gasteiger partial charge on any atom is 4.00 e. The quantitative estimate of drug-likeness (QED) is 0.324. The fourth-order valence-electron chi connectivity index (χ4n) is 0.243. The van der Waals surface area contributed by atoms with Gasteiger partial charge in [0.2, 0.25) is 0 Å². The maximum absolute atomic E-state index is 9.34. The van der Waals surface area contributed by atoms with Gasteiger partial charge in [-0.3, -0.25) is 18.1 Å². The first-order valence-electron chi connectivity index (χ1n) is 4.77. The second kappa shape index (κ2) is 31.1. The van der Waals surface area contributed by atoms with Crippen molar-refractivity contribution in [2.45, 2.75) is 0 Å². The van der Waals surface area contributed by atoms with Gasteiger partial charge in [-0.15, -0.1) is 0 Å². The molecule has 0 aliphatic heterocycles. The molecule has 17 heteroatoms. The third-order valence-electron chi connectivity index (χ3n) is 0.642. The fourth-order valence-corrected chi connectivity index (χ4v) is 0.730. The van der Waals surface area contributed by atoms with E-state index in [2.05, 4.69) is 44.4 Å². The van der Waals surface area contributed by atoms with E-state index in [4.69, 9.17) is 0 Å². The monoisotopic (exact) mass is 514 g/mol. The molecule has 136 valence electrons. The molecule has 0 aliphatic rings. The van der Waals surface area contributed by atoms with E-state index in [1.165, 1.54) is 0 Å². The first kappa shape index (κ1) is 35.4. The van der Waals surface area contributed by atoms with E-state index < -0.39 is 33.0 Å². The smallest absolute Gasteiger partial charge is 0.558 e. The van der Waals surface area contributed by atoms with Crippen molar-refractivity contribution in [1.82, 2.24) is 0 Å². The summed E-state index contributed by atoms with van der Waals surface area (Å²) in [6.07, 6.45) is 3.41. The molecule has 0 aromatic heterocycles. The van der Waals surface area contributed by atoms with Gasteiger partial charge >= 0.3 is 59.2 Å². The van der Waals surface area contributed by atoms with Crippen LogP contribution in [-0.2, 0) is 62.6 Å². The molecule has 25 heavy (non-hydrogen) atoms. The van der Waals surface area contributed by atoms with E-state index in [9.17, 15) is 37.8 Å². The molecule has 4 atom stereocenters. The molecule has 0 aliphatic carbocycles. The Hall–Kier alpha value is -0.717. The zero-order valence-corrected chi connectivity index (χ0v) is 18.4. The zero-order chi connectivity index (χ0) is 20.0. The van der Waals surface area contributed by atoms with Gasteiger partial charge in [0.15, 0.2) is 0 Å². The third-order valence-corrected chi connectivity index (χ3v) is 1.93. The van der Waals surface area contributed by atoms with Crippen LogP contribution in [0.3, 0.4) is 0 Å². The SMILES string of the molecule is C=CO[P+](=O)[O-].C=CO[P+](=O)[O-].C=CO[P+](=O)[O-].C=CO[P+](=O)[O-].[Zr+4]. The van der Waals surface area contributed by atoms with Crippen molar-refractivity contribution >= 4 is 33.0 Å². The van der Waals surface area contributed by atoms with Crippen LogP contribution in [0.5, 0.6) is 0 Å². The van der Waals surface area contributed by atoms with Gasteiger partial charge in [-0.25, -0.2) is 0 Å². The van der Waals surface area contributed by atoms with Crippen LogP contribution in [0.25, 0.3) is 0 Å². The Bertz CT molecular complexity index is 363. The van der Waals surface area contributed by atoms with Crippen molar-refractivity contribution in [3.05, 3.63) is 51.4 Å². The molecule has 0 radical (unpaired) electrons. The molecule has 0 saturated carbocycles. The molecule has 4 unspecified atom stereocenters. The van der Waals surface area contributed by atoms with Crippen LogP contribution in [0, 0.1) is 0 Å². The zero-order valence-electron chi connectivity index (χ0n) is 12.3. The summed E-state index contributed by atoms with van der Waals surface area (Å²) >= 11 is 0. The minimum Gasteiger partial charge on any atom is -0.558 e. The summed E-state index contributed by atoms with van der Waals surface area (Å²) in [6.45, 7) is 12.0. The van der Waals surface area contributed by atoms with Crippen molar-refractivity contribution in [3.63, 3.8) is 0 Å². The minimum atomic E-state index is -2.72. The van der Waals surface area contributed by atoms with Gasteiger partial charge in [0, 0.05) is 0 Å². The van der Waals surface area contributed by atoms with Gasteiger partial charge in [-0.2, -0.15) is 0 Å². The van der Waals surface area contributed by atoms with E-state index in [0.717, 1.165) is 25.0 Å². The van der Waals surface area contributed by atoms with Gasteiger partial charge in [0.25, 0.3) is 0 Å². The summed E-state index contributed by atoms with van der Waals surface area (Å²) < 4.78 is 52.4. The summed E-state index contributed by atoms with van der Waals surface area (Å²) in [6, 6.07) is 0. The molecule has 0 amide bonds. The Labute approximate surface area is 166 Å². The molecular weight excluding hydrogens is 503 g/mol. The van der Waals surface area contributed by atoms with Crippen LogP contribution in [0.1, 0.15) is 0 Å². The molecule has 0 N–H and O–H groups in total. The van der Waals surface area contributed by atoms with Crippen molar-refractivity contribution in [1.29, 1.82) is 0 Å². The molecule has 0 fully saturated rings. The molecule has 12 nitrogen and oxygen atoms in total. The summed E-state index contributed by atoms with van der Waals surface area (Å²) in [5.74, 6) is 0. The Morgan fingerprint density at radius 3 is 0.640 bits per heavy atom. The van der Waals surface area contributed by atoms with Crippen molar-refractivity contribution in [2.24, 2.45) is 0 Å². The van der Waals surface area contributed by atoms with Crippen LogP contribution in [-0.4, -0.2) is 0 Å². The summed E-state index contributed by atoms with van der Waals surface area (Å²) in [5, 5.41) is 0. The predicted molar refractivity (Wildman–Crippen MR) is 75.6 cm³/mol. The van der Waals surface area contributed by atoms with Crippen molar-refractivity contribution in [3.8, 4) is 0 Å². The van der Waals surface area contributed by atoms with Crippen LogP contribution >= 0.6 is 33.0 Å². The first-order chi connectivity index (χ1) is 11.1. The predicted octanol–water partition coefficient (Wildman–Crippen LogP) is 0.654. The normalized spacial score (nSPS) is 9.44. The van der Waals surface area contributed by atoms with E-state index in [0.29, 0.717) is 0 Å². The van der Waals surface area contributed by atoms with Crippen LogP contribution in [0.4, 0.5) is 0 Å².